The molecule has 3 aromatic rings. The number of hydrogen-bond acceptors (Lipinski definition) is 6. The van der Waals surface area contributed by atoms with Gasteiger partial charge in [-0.25, -0.2) is 8.42 Å². The Morgan fingerprint density at radius 1 is 1.11 bits per heavy atom. The summed E-state index contributed by atoms with van der Waals surface area (Å²) in [6.07, 6.45) is 0.372. The van der Waals surface area contributed by atoms with Crippen molar-refractivity contribution in [3.05, 3.63) is 60.4 Å². The summed E-state index contributed by atoms with van der Waals surface area (Å²) in [7, 11) is -3.51. The van der Waals surface area contributed by atoms with E-state index in [1.807, 2.05) is 24.3 Å². The minimum Gasteiger partial charge on any atom is -0.488 e. The van der Waals surface area contributed by atoms with Gasteiger partial charge < -0.3 is 9.26 Å². The van der Waals surface area contributed by atoms with Crippen molar-refractivity contribution < 1.29 is 17.7 Å². The Labute approximate surface area is 157 Å². The van der Waals surface area contributed by atoms with E-state index in [4.69, 9.17) is 9.26 Å². The maximum Gasteiger partial charge on any atom is 0.261 e. The summed E-state index contributed by atoms with van der Waals surface area (Å²) in [5, 5.41) is 3.81. The maximum atomic E-state index is 12.8. The molecule has 1 aromatic heterocycles. The molecule has 0 aliphatic carbocycles. The Morgan fingerprint density at radius 2 is 1.85 bits per heavy atom. The Hall–Kier alpha value is -2.71. The van der Waals surface area contributed by atoms with E-state index >= 15 is 0 Å². The molecule has 8 heteroatoms. The summed E-state index contributed by atoms with van der Waals surface area (Å²) in [4.78, 5) is 4.54. The van der Waals surface area contributed by atoms with Gasteiger partial charge in [-0.05, 0) is 37.6 Å². The number of aryl methyl sites for hydroxylation is 1. The largest absolute Gasteiger partial charge is 0.488 e. The van der Waals surface area contributed by atoms with Gasteiger partial charge in [0.05, 0.1) is 17.0 Å². The van der Waals surface area contributed by atoms with Crippen LogP contribution in [0.4, 0.5) is 0 Å². The highest BCUT2D eigenvalue weighted by Crippen LogP contribution is 2.31. The molecule has 0 amide bonds. The third kappa shape index (κ3) is 3.58. The van der Waals surface area contributed by atoms with E-state index in [1.165, 1.54) is 4.31 Å². The van der Waals surface area contributed by atoms with Crippen LogP contribution in [0.2, 0.25) is 0 Å². The van der Waals surface area contributed by atoms with Crippen molar-refractivity contribution in [3.8, 4) is 17.2 Å². The minimum atomic E-state index is -3.51. The lowest BCUT2D eigenvalue weighted by Crippen LogP contribution is -2.31. The lowest BCUT2D eigenvalue weighted by molar-refractivity contribution is 0.216. The average molecular weight is 385 g/mol. The van der Waals surface area contributed by atoms with Gasteiger partial charge in [-0.3, -0.25) is 0 Å². The number of sulfonamides is 1. The van der Waals surface area contributed by atoms with Crippen LogP contribution in [0, 0.1) is 6.92 Å². The zero-order valence-electron chi connectivity index (χ0n) is 14.8. The predicted octanol–water partition coefficient (Wildman–Crippen LogP) is 2.89. The van der Waals surface area contributed by atoms with E-state index in [0.29, 0.717) is 47.4 Å². The number of aromatic nitrogens is 2. The zero-order valence-corrected chi connectivity index (χ0v) is 15.6. The van der Waals surface area contributed by atoms with Crippen LogP contribution < -0.4 is 4.74 Å². The highest BCUT2D eigenvalue weighted by Gasteiger charge is 2.34. The van der Waals surface area contributed by atoms with Crippen LogP contribution in [0.3, 0.4) is 0 Å². The molecule has 1 fully saturated rings. The molecule has 4 rings (SSSR count). The summed E-state index contributed by atoms with van der Waals surface area (Å²) < 4.78 is 38.3. The van der Waals surface area contributed by atoms with Crippen molar-refractivity contribution in [2.45, 2.75) is 24.3 Å². The molecule has 1 unspecified atom stereocenters. The van der Waals surface area contributed by atoms with Crippen molar-refractivity contribution in [2.75, 3.05) is 13.1 Å². The van der Waals surface area contributed by atoms with Gasteiger partial charge in [0, 0.05) is 6.54 Å². The minimum absolute atomic E-state index is 0.242. The molecule has 0 radical (unpaired) electrons. The van der Waals surface area contributed by atoms with Crippen LogP contribution in [0.15, 0.2) is 64.0 Å². The van der Waals surface area contributed by atoms with Gasteiger partial charge in [-0.1, -0.05) is 35.5 Å². The van der Waals surface area contributed by atoms with Crippen LogP contribution in [-0.4, -0.2) is 42.1 Å². The molecule has 27 heavy (non-hydrogen) atoms. The molecular weight excluding hydrogens is 366 g/mol. The van der Waals surface area contributed by atoms with Crippen molar-refractivity contribution >= 4 is 10.0 Å². The van der Waals surface area contributed by atoms with Crippen molar-refractivity contribution in [1.82, 2.24) is 14.4 Å². The lowest BCUT2D eigenvalue weighted by atomic mass is 10.2. The number of rotatable bonds is 5. The third-order valence-electron chi connectivity index (χ3n) is 4.43. The van der Waals surface area contributed by atoms with Crippen LogP contribution in [0.1, 0.15) is 12.2 Å². The van der Waals surface area contributed by atoms with E-state index in [-0.39, 0.29) is 6.10 Å². The fourth-order valence-corrected chi connectivity index (χ4v) is 4.59. The van der Waals surface area contributed by atoms with Crippen LogP contribution in [-0.2, 0) is 10.0 Å². The predicted molar refractivity (Wildman–Crippen MR) is 98.7 cm³/mol. The first-order chi connectivity index (χ1) is 13.0. The Kier molecular flexibility index (Phi) is 4.67. The fraction of sp³-hybridized carbons (Fsp3) is 0.263. The number of benzene rings is 2. The molecule has 1 saturated heterocycles. The van der Waals surface area contributed by atoms with Crippen molar-refractivity contribution in [3.63, 3.8) is 0 Å². The third-order valence-corrected chi connectivity index (χ3v) is 6.31. The second kappa shape index (κ2) is 7.13. The summed E-state index contributed by atoms with van der Waals surface area (Å²) in [5.41, 5.74) is 0.697. The normalized spacial score (nSPS) is 17.9. The molecule has 0 bridgehead atoms. The molecule has 1 atom stereocenters. The quantitative estimate of drug-likeness (QED) is 0.671. The van der Waals surface area contributed by atoms with E-state index < -0.39 is 10.0 Å². The zero-order chi connectivity index (χ0) is 18.9. The second-order valence-electron chi connectivity index (χ2n) is 6.35. The topological polar surface area (TPSA) is 85.5 Å². The van der Waals surface area contributed by atoms with Gasteiger partial charge in [-0.15, -0.1) is 0 Å². The Morgan fingerprint density at radius 3 is 2.59 bits per heavy atom. The standard InChI is InChI=1S/C19H19N3O4S/c1-14-20-19(26-21-14)17-9-5-6-10-18(17)25-15-11-12-22(13-15)27(23,24)16-7-3-2-4-8-16/h2-10,15H,11-13H2,1H3. The number of para-hydroxylation sites is 1. The number of ether oxygens (including phenoxy) is 1. The highest BCUT2D eigenvalue weighted by molar-refractivity contribution is 7.89. The number of hydrogen-bond donors (Lipinski definition) is 0. The average Bonchev–Trinajstić information content (AvgIpc) is 3.32. The van der Waals surface area contributed by atoms with Gasteiger partial charge in [0.15, 0.2) is 5.82 Å². The van der Waals surface area contributed by atoms with E-state index in [2.05, 4.69) is 10.1 Å². The number of nitrogens with zero attached hydrogens (tertiary/aromatic N) is 3. The fourth-order valence-electron chi connectivity index (χ4n) is 3.09. The first-order valence-electron chi connectivity index (χ1n) is 8.65. The molecular formula is C19H19N3O4S. The molecule has 1 aliphatic rings. The van der Waals surface area contributed by atoms with E-state index in [9.17, 15) is 8.42 Å². The first-order valence-corrected chi connectivity index (χ1v) is 10.1. The van der Waals surface area contributed by atoms with Crippen molar-refractivity contribution in [2.24, 2.45) is 0 Å². The van der Waals surface area contributed by atoms with Crippen LogP contribution >= 0.6 is 0 Å². The SMILES string of the molecule is Cc1noc(-c2ccccc2OC2CCN(S(=O)(=O)c3ccccc3)C2)n1. The summed E-state index contributed by atoms with van der Waals surface area (Å²) in [6, 6.07) is 15.8. The van der Waals surface area contributed by atoms with Crippen molar-refractivity contribution in [1.29, 1.82) is 0 Å². The first kappa shape index (κ1) is 17.7. The summed E-state index contributed by atoms with van der Waals surface area (Å²) >= 11 is 0. The Bertz CT molecular complexity index is 1030. The van der Waals surface area contributed by atoms with Gasteiger partial charge in [0.1, 0.15) is 11.9 Å². The molecule has 1 aliphatic heterocycles. The monoisotopic (exact) mass is 385 g/mol. The molecule has 0 N–H and O–H groups in total. The van der Waals surface area contributed by atoms with Gasteiger partial charge in [-0.2, -0.15) is 9.29 Å². The van der Waals surface area contributed by atoms with Gasteiger partial charge in [0.25, 0.3) is 5.89 Å². The highest BCUT2D eigenvalue weighted by atomic mass is 32.2. The summed E-state index contributed by atoms with van der Waals surface area (Å²) in [5.74, 6) is 1.53. The smallest absolute Gasteiger partial charge is 0.261 e. The van der Waals surface area contributed by atoms with Gasteiger partial charge >= 0.3 is 0 Å². The Balaban J connectivity index is 1.52. The maximum absolute atomic E-state index is 12.8. The molecule has 0 saturated carbocycles. The van der Waals surface area contributed by atoms with Crippen LogP contribution in [0.5, 0.6) is 5.75 Å². The second-order valence-corrected chi connectivity index (χ2v) is 8.29. The molecule has 0 spiro atoms. The van der Waals surface area contributed by atoms with E-state index in [0.717, 1.165) is 0 Å². The van der Waals surface area contributed by atoms with Crippen LogP contribution in [0.25, 0.3) is 11.5 Å². The molecule has 2 heterocycles. The molecule has 7 nitrogen and oxygen atoms in total. The summed E-state index contributed by atoms with van der Waals surface area (Å²) in [6.45, 7) is 2.47. The lowest BCUT2D eigenvalue weighted by Gasteiger charge is -2.18. The molecule has 2 aromatic carbocycles. The van der Waals surface area contributed by atoms with Gasteiger partial charge in [0.2, 0.25) is 10.0 Å². The van der Waals surface area contributed by atoms with E-state index in [1.54, 1.807) is 37.3 Å². The molecule has 140 valence electrons.